The second kappa shape index (κ2) is 11.7. The topological polar surface area (TPSA) is 84.8 Å². The maximum absolute atomic E-state index is 13.2. The van der Waals surface area contributed by atoms with E-state index in [1.807, 2.05) is 68.4 Å². The van der Waals surface area contributed by atoms with Crippen molar-refractivity contribution >= 4 is 22.2 Å². The van der Waals surface area contributed by atoms with Crippen molar-refractivity contribution in [2.45, 2.75) is 31.1 Å². The Bertz CT molecular complexity index is 1500. The van der Waals surface area contributed by atoms with Gasteiger partial charge in [0.25, 0.3) is 0 Å². The molecule has 6 nitrogen and oxygen atoms in total. The van der Waals surface area contributed by atoms with Gasteiger partial charge in [-0.1, -0.05) is 84.4 Å². The predicted molar refractivity (Wildman–Crippen MR) is 145 cm³/mol. The lowest BCUT2D eigenvalue weighted by Crippen LogP contribution is -2.27. The van der Waals surface area contributed by atoms with E-state index in [0.717, 1.165) is 22.3 Å². The summed E-state index contributed by atoms with van der Waals surface area (Å²) in [5, 5.41) is 4.13. The van der Waals surface area contributed by atoms with Gasteiger partial charge < -0.3 is 4.18 Å². The maximum atomic E-state index is 13.2. The summed E-state index contributed by atoms with van der Waals surface area (Å²) in [5.74, 6) is -0.607. The van der Waals surface area contributed by atoms with Gasteiger partial charge in [0.2, 0.25) is 5.91 Å². The number of amides is 1. The van der Waals surface area contributed by atoms with Gasteiger partial charge in [-0.25, -0.2) is 5.43 Å². The van der Waals surface area contributed by atoms with Crippen LogP contribution in [0.15, 0.2) is 113 Å². The Morgan fingerprint density at radius 1 is 0.865 bits per heavy atom. The zero-order valence-electron chi connectivity index (χ0n) is 20.7. The molecule has 37 heavy (non-hydrogen) atoms. The molecule has 0 saturated heterocycles. The van der Waals surface area contributed by atoms with E-state index in [1.54, 1.807) is 36.4 Å². The first kappa shape index (κ1) is 25.9. The average Bonchev–Trinajstić information content (AvgIpc) is 2.89. The van der Waals surface area contributed by atoms with Gasteiger partial charge in [0.15, 0.2) is 5.75 Å². The molecule has 0 spiro atoms. The van der Waals surface area contributed by atoms with E-state index < -0.39 is 16.0 Å². The summed E-state index contributed by atoms with van der Waals surface area (Å²) in [6.45, 7) is 3.90. The Morgan fingerprint density at radius 3 is 2.24 bits per heavy atom. The summed E-state index contributed by atoms with van der Waals surface area (Å²) in [5.41, 5.74) is 7.05. The molecular formula is C30H28N2O4S. The van der Waals surface area contributed by atoms with E-state index in [0.29, 0.717) is 12.0 Å². The standard InChI is InChI=1S/C30H28N2O4S/c1-22-16-18-27(19-17-22)37(34,35)36-29-15-9-8-14-26(29)21-31-32-30(33)28(24-11-4-3-5-12-24)20-25-13-7-6-10-23(25)2/h3-19,21,28H,20H2,1-2H3,(H,32,33)/b31-21-/t28-/m0/s1. The van der Waals surface area contributed by atoms with Gasteiger partial charge in [-0.05, 0) is 61.2 Å². The number of para-hydroxylation sites is 1. The molecule has 4 aromatic rings. The Morgan fingerprint density at radius 2 is 1.51 bits per heavy atom. The Labute approximate surface area is 217 Å². The van der Waals surface area contributed by atoms with Gasteiger partial charge in [-0.15, -0.1) is 0 Å². The first-order valence-electron chi connectivity index (χ1n) is 11.9. The molecule has 0 heterocycles. The van der Waals surface area contributed by atoms with Crippen LogP contribution >= 0.6 is 0 Å². The van der Waals surface area contributed by atoms with Crippen molar-refractivity contribution in [3.63, 3.8) is 0 Å². The highest BCUT2D eigenvalue weighted by Crippen LogP contribution is 2.24. The van der Waals surface area contributed by atoms with Crippen molar-refractivity contribution in [3.05, 3.63) is 131 Å². The minimum atomic E-state index is -4.03. The van der Waals surface area contributed by atoms with Crippen molar-refractivity contribution in [1.82, 2.24) is 5.43 Å². The quantitative estimate of drug-likeness (QED) is 0.181. The molecule has 188 valence electrons. The smallest absolute Gasteiger partial charge is 0.339 e. The third kappa shape index (κ3) is 6.71. The van der Waals surface area contributed by atoms with Crippen LogP contribution < -0.4 is 9.61 Å². The molecule has 0 aliphatic heterocycles. The normalized spacial score (nSPS) is 12.3. The highest BCUT2D eigenvalue weighted by molar-refractivity contribution is 7.87. The molecule has 1 N–H and O–H groups in total. The maximum Gasteiger partial charge on any atom is 0.339 e. The SMILES string of the molecule is Cc1ccc(S(=O)(=O)Oc2ccccc2/C=N\NC(=O)[C@@H](Cc2ccccc2C)c2ccccc2)cc1. The zero-order chi connectivity index (χ0) is 26.3. The zero-order valence-corrected chi connectivity index (χ0v) is 21.5. The molecule has 0 unspecified atom stereocenters. The number of carbonyl (C=O) groups excluding carboxylic acids is 1. The van der Waals surface area contributed by atoms with E-state index in [-0.39, 0.29) is 16.6 Å². The molecule has 0 aromatic heterocycles. The van der Waals surface area contributed by atoms with Gasteiger partial charge in [-0.2, -0.15) is 13.5 Å². The average molecular weight is 513 g/mol. The van der Waals surface area contributed by atoms with Crippen LogP contribution in [-0.2, 0) is 21.3 Å². The Hall–Kier alpha value is -4.23. The van der Waals surface area contributed by atoms with Gasteiger partial charge in [0.1, 0.15) is 4.90 Å². The third-order valence-electron chi connectivity index (χ3n) is 6.01. The van der Waals surface area contributed by atoms with Crippen molar-refractivity contribution in [1.29, 1.82) is 0 Å². The molecule has 7 heteroatoms. The molecule has 4 rings (SSSR count). The monoisotopic (exact) mass is 512 g/mol. The number of nitrogens with one attached hydrogen (secondary N) is 1. The fourth-order valence-corrected chi connectivity index (χ4v) is 4.84. The van der Waals surface area contributed by atoms with Crippen molar-refractivity contribution in [2.24, 2.45) is 5.10 Å². The molecule has 4 aromatic carbocycles. The minimum Gasteiger partial charge on any atom is -0.378 e. The number of carbonyl (C=O) groups is 1. The lowest BCUT2D eigenvalue weighted by molar-refractivity contribution is -0.122. The summed E-state index contributed by atoms with van der Waals surface area (Å²) in [6, 6.07) is 30.6. The number of benzene rings is 4. The van der Waals surface area contributed by atoms with E-state index in [2.05, 4.69) is 10.5 Å². The number of nitrogens with zero attached hydrogens (tertiary/aromatic N) is 1. The number of hydrogen-bond donors (Lipinski definition) is 1. The minimum absolute atomic E-state index is 0.0556. The highest BCUT2D eigenvalue weighted by atomic mass is 32.2. The lowest BCUT2D eigenvalue weighted by Gasteiger charge is -2.17. The van der Waals surface area contributed by atoms with Crippen LogP contribution in [0, 0.1) is 13.8 Å². The number of hydrogen-bond acceptors (Lipinski definition) is 5. The third-order valence-corrected chi connectivity index (χ3v) is 7.26. The second-order valence-electron chi connectivity index (χ2n) is 8.72. The fraction of sp³-hybridized carbons (Fsp3) is 0.133. The van der Waals surface area contributed by atoms with Gasteiger partial charge in [0.05, 0.1) is 12.1 Å². The predicted octanol–water partition coefficient (Wildman–Crippen LogP) is 5.55. The van der Waals surface area contributed by atoms with Gasteiger partial charge in [0, 0.05) is 5.56 Å². The van der Waals surface area contributed by atoms with E-state index in [4.69, 9.17) is 4.18 Å². The van der Waals surface area contributed by atoms with Crippen LogP contribution in [0.3, 0.4) is 0 Å². The Balaban J connectivity index is 1.52. The summed E-state index contributed by atoms with van der Waals surface area (Å²) >= 11 is 0. The summed E-state index contributed by atoms with van der Waals surface area (Å²) in [4.78, 5) is 13.3. The first-order valence-corrected chi connectivity index (χ1v) is 13.3. The molecule has 0 aliphatic carbocycles. The van der Waals surface area contributed by atoms with Crippen LogP contribution in [0.1, 0.15) is 33.7 Å². The number of aryl methyl sites for hydroxylation is 2. The first-order chi connectivity index (χ1) is 17.8. The number of hydrazone groups is 1. The van der Waals surface area contributed by atoms with Crippen LogP contribution in [0.5, 0.6) is 5.75 Å². The molecular weight excluding hydrogens is 484 g/mol. The Kier molecular flexibility index (Phi) is 8.15. The van der Waals surface area contributed by atoms with Crippen LogP contribution in [-0.4, -0.2) is 20.5 Å². The molecule has 1 atom stereocenters. The fourth-order valence-electron chi connectivity index (χ4n) is 3.88. The van der Waals surface area contributed by atoms with Crippen LogP contribution in [0.25, 0.3) is 0 Å². The molecule has 0 bridgehead atoms. The van der Waals surface area contributed by atoms with E-state index >= 15 is 0 Å². The number of rotatable bonds is 9. The van der Waals surface area contributed by atoms with Gasteiger partial charge >= 0.3 is 10.1 Å². The molecule has 0 aliphatic rings. The molecule has 0 radical (unpaired) electrons. The summed E-state index contributed by atoms with van der Waals surface area (Å²) in [6.07, 6.45) is 1.90. The van der Waals surface area contributed by atoms with Crippen LogP contribution in [0.2, 0.25) is 0 Å². The summed E-state index contributed by atoms with van der Waals surface area (Å²) < 4.78 is 30.9. The molecule has 0 fully saturated rings. The van der Waals surface area contributed by atoms with Crippen molar-refractivity contribution < 1.29 is 17.4 Å². The second-order valence-corrected chi connectivity index (χ2v) is 10.3. The summed E-state index contributed by atoms with van der Waals surface area (Å²) in [7, 11) is -4.03. The lowest BCUT2D eigenvalue weighted by atomic mass is 9.90. The van der Waals surface area contributed by atoms with E-state index in [9.17, 15) is 13.2 Å². The molecule has 0 saturated carbocycles. The largest absolute Gasteiger partial charge is 0.378 e. The van der Waals surface area contributed by atoms with Crippen LogP contribution in [0.4, 0.5) is 0 Å². The van der Waals surface area contributed by atoms with E-state index in [1.165, 1.54) is 18.3 Å². The van der Waals surface area contributed by atoms with Crippen molar-refractivity contribution in [2.75, 3.05) is 0 Å². The highest BCUT2D eigenvalue weighted by Gasteiger charge is 2.22. The van der Waals surface area contributed by atoms with Crippen molar-refractivity contribution in [3.8, 4) is 5.75 Å². The van der Waals surface area contributed by atoms with Gasteiger partial charge in [-0.3, -0.25) is 4.79 Å². The molecule has 1 amide bonds.